The number of likely N-dealkylation sites (tertiary alicyclic amines) is 1. The lowest BCUT2D eigenvalue weighted by molar-refractivity contribution is -0.142. The van der Waals surface area contributed by atoms with Gasteiger partial charge < -0.3 is 20.6 Å². The standard InChI is InChI=1S/C30H37N3O4S/c1-18(2)32-28(36)26-30-19(3)14-23(38-30)24(27(35)31-16-21-12-8-5-9-13-21)25(30)29(37)33(26)22(17-34)15-20-10-6-4-7-11-20/h4-13,18-19,22-26,34H,14-17H2,1-3H3,(H,31,35)(H,32,36)/t19?,22-,23+,24-,25+,26?,30?/m1/s1. The van der Waals surface area contributed by atoms with Crippen LogP contribution in [0.3, 0.4) is 0 Å². The lowest BCUT2D eigenvalue weighted by Crippen LogP contribution is -2.59. The van der Waals surface area contributed by atoms with Gasteiger partial charge in [0.1, 0.15) is 6.04 Å². The summed E-state index contributed by atoms with van der Waals surface area (Å²) in [7, 11) is 0. The second kappa shape index (κ2) is 10.7. The molecule has 3 aliphatic rings. The van der Waals surface area contributed by atoms with Gasteiger partial charge in [-0.25, -0.2) is 0 Å². The molecule has 3 amide bonds. The van der Waals surface area contributed by atoms with Crippen LogP contribution >= 0.6 is 11.8 Å². The van der Waals surface area contributed by atoms with Crippen molar-refractivity contribution in [2.45, 2.75) is 68.3 Å². The Kier molecular flexibility index (Phi) is 7.56. The number of nitrogens with one attached hydrogen (secondary N) is 2. The SMILES string of the molecule is CC(C)NC(=O)C1N([C@@H](CO)Cc2ccccc2)C(=O)[C@@H]2[C@H](C(=O)NCc3ccccc3)[C@@H]3CC(C)C12S3. The molecule has 3 fully saturated rings. The quantitative estimate of drug-likeness (QED) is 0.459. The molecule has 1 spiro atoms. The molecule has 3 unspecified atom stereocenters. The van der Waals surface area contributed by atoms with E-state index in [4.69, 9.17) is 0 Å². The van der Waals surface area contributed by atoms with E-state index in [1.807, 2.05) is 74.5 Å². The van der Waals surface area contributed by atoms with E-state index in [-0.39, 0.29) is 41.5 Å². The lowest BCUT2D eigenvalue weighted by Gasteiger charge is -2.40. The van der Waals surface area contributed by atoms with Crippen molar-refractivity contribution in [2.75, 3.05) is 6.61 Å². The highest BCUT2D eigenvalue weighted by Gasteiger charge is 2.76. The van der Waals surface area contributed by atoms with E-state index in [1.54, 1.807) is 16.7 Å². The fourth-order valence-corrected chi connectivity index (χ4v) is 9.26. The molecule has 3 N–H and O–H groups in total. The number of carbonyl (C=O) groups excluding carboxylic acids is 3. The van der Waals surface area contributed by atoms with E-state index < -0.39 is 28.7 Å². The van der Waals surface area contributed by atoms with Crippen LogP contribution < -0.4 is 10.6 Å². The van der Waals surface area contributed by atoms with Gasteiger partial charge in [0.15, 0.2) is 0 Å². The van der Waals surface area contributed by atoms with Gasteiger partial charge in [0, 0.05) is 17.8 Å². The van der Waals surface area contributed by atoms with Crippen LogP contribution in [0.25, 0.3) is 0 Å². The first-order chi connectivity index (χ1) is 18.3. The highest BCUT2D eigenvalue weighted by Crippen LogP contribution is 2.68. The van der Waals surface area contributed by atoms with Crippen LogP contribution in [0.1, 0.15) is 38.3 Å². The van der Waals surface area contributed by atoms with Gasteiger partial charge in [-0.2, -0.15) is 0 Å². The number of fused-ring (bicyclic) bond motifs is 1. The zero-order valence-electron chi connectivity index (χ0n) is 22.2. The van der Waals surface area contributed by atoms with Crippen LogP contribution in [0, 0.1) is 17.8 Å². The molecule has 3 heterocycles. The minimum Gasteiger partial charge on any atom is -0.394 e. The van der Waals surface area contributed by atoms with Crippen LogP contribution in [0.2, 0.25) is 0 Å². The van der Waals surface area contributed by atoms with Crippen molar-refractivity contribution in [3.63, 3.8) is 0 Å². The molecule has 2 aromatic rings. The summed E-state index contributed by atoms with van der Waals surface area (Å²) in [5, 5.41) is 16.6. The maximum absolute atomic E-state index is 14.3. The van der Waals surface area contributed by atoms with E-state index in [1.165, 1.54) is 0 Å². The summed E-state index contributed by atoms with van der Waals surface area (Å²) in [6, 6.07) is 18.0. The number of thioether (sulfide) groups is 1. The topological polar surface area (TPSA) is 98.7 Å². The Balaban J connectivity index is 1.49. The first-order valence-corrected chi connectivity index (χ1v) is 14.4. The maximum atomic E-state index is 14.3. The molecule has 202 valence electrons. The molecule has 7 nitrogen and oxygen atoms in total. The van der Waals surface area contributed by atoms with Gasteiger partial charge in [-0.3, -0.25) is 14.4 Å². The van der Waals surface area contributed by atoms with Gasteiger partial charge in [0.2, 0.25) is 17.7 Å². The normalized spacial score (nSPS) is 30.4. The smallest absolute Gasteiger partial charge is 0.244 e. The second-order valence-corrected chi connectivity index (χ2v) is 12.7. The second-order valence-electron chi connectivity index (χ2n) is 11.2. The first kappa shape index (κ1) is 26.8. The number of benzene rings is 2. The highest BCUT2D eigenvalue weighted by molar-refractivity contribution is 8.02. The number of aliphatic hydroxyl groups excluding tert-OH is 1. The zero-order valence-corrected chi connectivity index (χ0v) is 23.0. The average Bonchev–Trinajstić information content (AvgIpc) is 3.50. The average molecular weight is 536 g/mol. The summed E-state index contributed by atoms with van der Waals surface area (Å²) >= 11 is 1.66. The molecule has 38 heavy (non-hydrogen) atoms. The Morgan fingerprint density at radius 1 is 1.05 bits per heavy atom. The van der Waals surface area contributed by atoms with Crippen LogP contribution in [-0.4, -0.2) is 62.5 Å². The van der Waals surface area contributed by atoms with Crippen molar-refractivity contribution in [1.82, 2.24) is 15.5 Å². The third kappa shape index (κ3) is 4.51. The largest absolute Gasteiger partial charge is 0.394 e. The molecule has 5 rings (SSSR count). The van der Waals surface area contributed by atoms with E-state index in [2.05, 4.69) is 17.6 Å². The molecule has 0 saturated carbocycles. The van der Waals surface area contributed by atoms with Crippen molar-refractivity contribution in [3.05, 3.63) is 71.8 Å². The molecule has 3 aliphatic heterocycles. The van der Waals surface area contributed by atoms with E-state index in [0.29, 0.717) is 13.0 Å². The third-order valence-corrected chi connectivity index (χ3v) is 10.5. The molecule has 0 aliphatic carbocycles. The summed E-state index contributed by atoms with van der Waals surface area (Å²) in [4.78, 5) is 43.5. The zero-order chi connectivity index (χ0) is 27.0. The van der Waals surface area contributed by atoms with Gasteiger partial charge >= 0.3 is 0 Å². The summed E-state index contributed by atoms with van der Waals surface area (Å²) in [6.07, 6.45) is 1.21. The number of aliphatic hydroxyl groups is 1. The number of carbonyl (C=O) groups is 3. The Morgan fingerprint density at radius 2 is 1.68 bits per heavy atom. The molecule has 0 aromatic heterocycles. The van der Waals surface area contributed by atoms with Crippen molar-refractivity contribution >= 4 is 29.5 Å². The van der Waals surface area contributed by atoms with Gasteiger partial charge in [-0.05, 0) is 43.7 Å². The van der Waals surface area contributed by atoms with E-state index in [9.17, 15) is 19.5 Å². The number of amides is 3. The van der Waals surface area contributed by atoms with Crippen molar-refractivity contribution in [3.8, 4) is 0 Å². The van der Waals surface area contributed by atoms with E-state index in [0.717, 1.165) is 17.5 Å². The van der Waals surface area contributed by atoms with Gasteiger partial charge in [0.05, 0.1) is 29.2 Å². The van der Waals surface area contributed by atoms with Gasteiger partial charge in [-0.15, -0.1) is 11.8 Å². The molecule has 2 aromatic carbocycles. The molecule has 3 saturated heterocycles. The van der Waals surface area contributed by atoms with Crippen LogP contribution in [0.5, 0.6) is 0 Å². The van der Waals surface area contributed by atoms with Crippen molar-refractivity contribution < 1.29 is 19.5 Å². The van der Waals surface area contributed by atoms with Crippen LogP contribution in [0.4, 0.5) is 0 Å². The third-order valence-electron chi connectivity index (χ3n) is 8.39. The molecule has 2 bridgehead atoms. The number of nitrogens with zero attached hydrogens (tertiary/aromatic N) is 1. The molecule has 7 atom stereocenters. The number of hydrogen-bond acceptors (Lipinski definition) is 5. The summed E-state index contributed by atoms with van der Waals surface area (Å²) in [5.74, 6) is -1.56. The molecule has 8 heteroatoms. The fourth-order valence-electron chi connectivity index (χ4n) is 6.86. The lowest BCUT2D eigenvalue weighted by atomic mass is 9.66. The summed E-state index contributed by atoms with van der Waals surface area (Å²) in [5.41, 5.74) is 1.98. The Morgan fingerprint density at radius 3 is 2.29 bits per heavy atom. The Bertz CT molecular complexity index is 1180. The molecular weight excluding hydrogens is 498 g/mol. The fraction of sp³-hybridized carbons (Fsp3) is 0.500. The minimum atomic E-state index is -0.750. The first-order valence-electron chi connectivity index (χ1n) is 13.5. The van der Waals surface area contributed by atoms with Gasteiger partial charge in [-0.1, -0.05) is 67.6 Å². The van der Waals surface area contributed by atoms with Crippen LogP contribution in [-0.2, 0) is 27.3 Å². The van der Waals surface area contributed by atoms with Crippen LogP contribution in [0.15, 0.2) is 60.7 Å². The highest BCUT2D eigenvalue weighted by atomic mass is 32.2. The van der Waals surface area contributed by atoms with E-state index >= 15 is 0 Å². The molecular formula is C30H37N3O4S. The maximum Gasteiger partial charge on any atom is 0.244 e. The Labute approximate surface area is 228 Å². The minimum absolute atomic E-state index is 0.0204. The predicted molar refractivity (Wildman–Crippen MR) is 148 cm³/mol. The van der Waals surface area contributed by atoms with Crippen molar-refractivity contribution in [2.24, 2.45) is 17.8 Å². The summed E-state index contributed by atoms with van der Waals surface area (Å²) in [6.45, 7) is 6.05. The van der Waals surface area contributed by atoms with Crippen molar-refractivity contribution in [1.29, 1.82) is 0 Å². The predicted octanol–water partition coefficient (Wildman–Crippen LogP) is 2.77. The van der Waals surface area contributed by atoms with Gasteiger partial charge in [0.25, 0.3) is 0 Å². The monoisotopic (exact) mass is 535 g/mol. The molecule has 0 radical (unpaired) electrons. The number of rotatable bonds is 9. The summed E-state index contributed by atoms with van der Waals surface area (Å²) < 4.78 is -0.709. The Hall–Kier alpha value is -2.84. The number of hydrogen-bond donors (Lipinski definition) is 3.